The third-order valence-electron chi connectivity index (χ3n) is 2.39. The van der Waals surface area contributed by atoms with Crippen molar-refractivity contribution in [2.75, 3.05) is 6.26 Å². The number of amides is 1. The van der Waals surface area contributed by atoms with Crippen molar-refractivity contribution in [3.8, 4) is 0 Å². The van der Waals surface area contributed by atoms with Crippen molar-refractivity contribution in [3.63, 3.8) is 0 Å². The molecule has 5 nitrogen and oxygen atoms in total. The van der Waals surface area contributed by atoms with E-state index in [1.807, 2.05) is 6.26 Å². The maximum absolute atomic E-state index is 11.8. The van der Waals surface area contributed by atoms with Gasteiger partial charge in [-0.1, -0.05) is 13.8 Å². The highest BCUT2D eigenvalue weighted by Gasteiger charge is 2.25. The Bertz CT molecular complexity index is 427. The van der Waals surface area contributed by atoms with Crippen molar-refractivity contribution in [1.29, 1.82) is 0 Å². The summed E-state index contributed by atoms with van der Waals surface area (Å²) >= 11 is 1.58. The summed E-state index contributed by atoms with van der Waals surface area (Å²) in [7, 11) is 0. The van der Waals surface area contributed by atoms with E-state index < -0.39 is 17.9 Å². The number of aliphatic carboxylic acids is 1. The molecule has 0 unspecified atom stereocenters. The lowest BCUT2D eigenvalue weighted by Gasteiger charge is -2.16. The standard InChI is InChI=1S/C12H17NO4S/c1-7(2)10(12(15)16)13-11(14)9-5-4-8(17-9)6-18-3/h4-5,7,10H,6H2,1-3H3,(H,13,14)(H,15,16)/t10-/m0/s1. The zero-order valence-electron chi connectivity index (χ0n) is 10.6. The molecule has 1 aromatic rings. The Balaban J connectivity index is 2.71. The molecule has 0 fully saturated rings. The van der Waals surface area contributed by atoms with E-state index in [1.54, 1.807) is 37.7 Å². The first-order chi connectivity index (χ1) is 8.45. The molecule has 1 rings (SSSR count). The molecule has 0 saturated heterocycles. The number of furan rings is 1. The number of thioether (sulfide) groups is 1. The zero-order valence-corrected chi connectivity index (χ0v) is 11.4. The normalized spacial score (nSPS) is 12.4. The average Bonchev–Trinajstić information content (AvgIpc) is 2.73. The number of nitrogens with one attached hydrogen (secondary N) is 1. The molecule has 100 valence electrons. The molecule has 0 spiro atoms. The minimum absolute atomic E-state index is 0.144. The van der Waals surface area contributed by atoms with E-state index in [1.165, 1.54) is 0 Å². The topological polar surface area (TPSA) is 79.5 Å². The van der Waals surface area contributed by atoms with E-state index in [9.17, 15) is 9.59 Å². The molecule has 0 bridgehead atoms. The van der Waals surface area contributed by atoms with Crippen LogP contribution in [0.1, 0.15) is 30.2 Å². The summed E-state index contributed by atoms with van der Waals surface area (Å²) in [6, 6.07) is 2.36. The Labute approximate surface area is 110 Å². The summed E-state index contributed by atoms with van der Waals surface area (Å²) in [5.74, 6) is -0.209. The second-order valence-electron chi connectivity index (χ2n) is 4.23. The van der Waals surface area contributed by atoms with Crippen LogP contribution in [0.3, 0.4) is 0 Å². The lowest BCUT2D eigenvalue weighted by atomic mass is 10.0. The fourth-order valence-corrected chi connectivity index (χ4v) is 1.89. The highest BCUT2D eigenvalue weighted by atomic mass is 32.2. The summed E-state index contributed by atoms with van der Waals surface area (Å²) in [5, 5.41) is 11.4. The van der Waals surface area contributed by atoms with Gasteiger partial charge in [-0.05, 0) is 24.3 Å². The Morgan fingerprint density at radius 3 is 2.61 bits per heavy atom. The molecule has 1 atom stereocenters. The van der Waals surface area contributed by atoms with E-state index >= 15 is 0 Å². The minimum Gasteiger partial charge on any atom is -0.480 e. The summed E-state index contributed by atoms with van der Waals surface area (Å²) in [5.41, 5.74) is 0. The monoisotopic (exact) mass is 271 g/mol. The molecule has 1 amide bonds. The number of hydrogen-bond acceptors (Lipinski definition) is 4. The van der Waals surface area contributed by atoms with Gasteiger partial charge in [-0.2, -0.15) is 11.8 Å². The lowest BCUT2D eigenvalue weighted by Crippen LogP contribution is -2.44. The molecule has 0 aliphatic rings. The number of carboxylic acid groups (broad SMARTS) is 1. The first kappa shape index (κ1) is 14.6. The summed E-state index contributed by atoms with van der Waals surface area (Å²) in [4.78, 5) is 22.8. The Kier molecular flexibility index (Phi) is 5.27. The smallest absolute Gasteiger partial charge is 0.326 e. The predicted octanol–water partition coefficient (Wildman–Crippen LogP) is 1.98. The van der Waals surface area contributed by atoms with Gasteiger partial charge < -0.3 is 14.8 Å². The number of carbonyl (C=O) groups excluding carboxylic acids is 1. The lowest BCUT2D eigenvalue weighted by molar-refractivity contribution is -0.140. The van der Waals surface area contributed by atoms with E-state index in [-0.39, 0.29) is 11.7 Å². The Morgan fingerprint density at radius 2 is 2.11 bits per heavy atom. The third-order valence-corrected chi connectivity index (χ3v) is 2.96. The van der Waals surface area contributed by atoms with Crippen molar-refractivity contribution < 1.29 is 19.1 Å². The van der Waals surface area contributed by atoms with Gasteiger partial charge >= 0.3 is 5.97 Å². The predicted molar refractivity (Wildman–Crippen MR) is 69.7 cm³/mol. The molecule has 1 heterocycles. The number of rotatable bonds is 6. The van der Waals surface area contributed by atoms with Gasteiger partial charge in [-0.25, -0.2) is 4.79 Å². The molecule has 0 aliphatic carbocycles. The summed E-state index contributed by atoms with van der Waals surface area (Å²) < 4.78 is 5.32. The van der Waals surface area contributed by atoms with E-state index in [4.69, 9.17) is 9.52 Å². The maximum Gasteiger partial charge on any atom is 0.326 e. The largest absolute Gasteiger partial charge is 0.480 e. The molecule has 0 radical (unpaired) electrons. The van der Waals surface area contributed by atoms with Gasteiger partial charge in [0.15, 0.2) is 5.76 Å². The Hall–Kier alpha value is -1.43. The van der Waals surface area contributed by atoms with Crippen LogP contribution in [0.25, 0.3) is 0 Å². The maximum atomic E-state index is 11.8. The van der Waals surface area contributed by atoms with Crippen LogP contribution in [0.15, 0.2) is 16.5 Å². The highest BCUT2D eigenvalue weighted by molar-refractivity contribution is 7.97. The number of hydrogen-bond donors (Lipinski definition) is 2. The van der Waals surface area contributed by atoms with Crippen molar-refractivity contribution in [2.45, 2.75) is 25.6 Å². The van der Waals surface area contributed by atoms with Gasteiger partial charge in [-0.15, -0.1) is 0 Å². The molecular weight excluding hydrogens is 254 g/mol. The molecule has 0 saturated carbocycles. The van der Waals surface area contributed by atoms with E-state index in [0.717, 1.165) is 0 Å². The van der Waals surface area contributed by atoms with Crippen LogP contribution in [0.4, 0.5) is 0 Å². The van der Waals surface area contributed by atoms with Crippen molar-refractivity contribution in [3.05, 3.63) is 23.7 Å². The van der Waals surface area contributed by atoms with Crippen molar-refractivity contribution in [2.24, 2.45) is 5.92 Å². The Morgan fingerprint density at radius 1 is 1.44 bits per heavy atom. The van der Waals surface area contributed by atoms with Gasteiger partial charge in [0.2, 0.25) is 0 Å². The van der Waals surface area contributed by atoms with E-state index in [0.29, 0.717) is 11.5 Å². The average molecular weight is 271 g/mol. The highest BCUT2D eigenvalue weighted by Crippen LogP contribution is 2.14. The van der Waals surface area contributed by atoms with Gasteiger partial charge in [0.25, 0.3) is 5.91 Å². The van der Waals surface area contributed by atoms with Crippen LogP contribution in [0, 0.1) is 5.92 Å². The van der Waals surface area contributed by atoms with Crippen molar-refractivity contribution in [1.82, 2.24) is 5.32 Å². The van der Waals surface area contributed by atoms with Crippen LogP contribution < -0.4 is 5.32 Å². The molecular formula is C12H17NO4S. The third kappa shape index (κ3) is 3.80. The zero-order chi connectivity index (χ0) is 13.7. The molecule has 18 heavy (non-hydrogen) atoms. The van der Waals surface area contributed by atoms with Gasteiger partial charge in [0.05, 0.1) is 5.75 Å². The fraction of sp³-hybridized carbons (Fsp3) is 0.500. The van der Waals surface area contributed by atoms with Crippen LogP contribution in [-0.2, 0) is 10.5 Å². The quantitative estimate of drug-likeness (QED) is 0.827. The first-order valence-corrected chi connectivity index (χ1v) is 6.96. The minimum atomic E-state index is -1.05. The van der Waals surface area contributed by atoms with Crippen LogP contribution >= 0.6 is 11.8 Å². The first-order valence-electron chi connectivity index (χ1n) is 5.57. The van der Waals surface area contributed by atoms with Crippen molar-refractivity contribution >= 4 is 23.6 Å². The summed E-state index contributed by atoms with van der Waals surface area (Å²) in [6.07, 6.45) is 1.93. The van der Waals surface area contributed by atoms with Gasteiger partial charge in [0, 0.05) is 0 Å². The second kappa shape index (κ2) is 6.49. The van der Waals surface area contributed by atoms with Crippen LogP contribution in [-0.4, -0.2) is 29.3 Å². The van der Waals surface area contributed by atoms with Gasteiger partial charge in [-0.3, -0.25) is 4.79 Å². The van der Waals surface area contributed by atoms with Gasteiger partial charge in [0.1, 0.15) is 11.8 Å². The summed E-state index contributed by atoms with van der Waals surface area (Å²) in [6.45, 7) is 3.47. The number of carboxylic acids is 1. The molecule has 0 aromatic carbocycles. The fourth-order valence-electron chi connectivity index (χ4n) is 1.45. The van der Waals surface area contributed by atoms with E-state index in [2.05, 4.69) is 5.32 Å². The number of carbonyl (C=O) groups is 2. The van der Waals surface area contributed by atoms with Crippen LogP contribution in [0.5, 0.6) is 0 Å². The second-order valence-corrected chi connectivity index (χ2v) is 5.10. The molecule has 0 aliphatic heterocycles. The molecule has 6 heteroatoms. The molecule has 2 N–H and O–H groups in total. The molecule has 1 aromatic heterocycles. The van der Waals surface area contributed by atoms with Crippen LogP contribution in [0.2, 0.25) is 0 Å². The SMILES string of the molecule is CSCc1ccc(C(=O)N[C@H](C(=O)O)C(C)C)o1.